The zero-order valence-electron chi connectivity index (χ0n) is 10.8. The molecule has 1 aliphatic heterocycles. The molecule has 0 aromatic carbocycles. The summed E-state index contributed by atoms with van der Waals surface area (Å²) in [5.41, 5.74) is 2.10. The van der Waals surface area contributed by atoms with Gasteiger partial charge in [0.15, 0.2) is 0 Å². The lowest BCUT2D eigenvalue weighted by atomic mass is 10.2. The number of aryl methyl sites for hydroxylation is 1. The lowest BCUT2D eigenvalue weighted by molar-refractivity contribution is -0.131. The molecule has 0 aliphatic carbocycles. The molecule has 4 nitrogen and oxygen atoms in total. The number of likely N-dealkylation sites (tertiary alicyclic amines) is 1. The Hall–Kier alpha value is -1.32. The second kappa shape index (κ2) is 5.34. The van der Waals surface area contributed by atoms with Crippen LogP contribution in [0.15, 0.2) is 6.33 Å². The third-order valence-electron chi connectivity index (χ3n) is 3.61. The highest BCUT2D eigenvalue weighted by molar-refractivity contribution is 5.76. The number of amides is 1. The minimum absolute atomic E-state index is 0.229. The largest absolute Gasteiger partial charge is 0.341 e. The van der Waals surface area contributed by atoms with Crippen LogP contribution in [0.3, 0.4) is 0 Å². The van der Waals surface area contributed by atoms with Gasteiger partial charge in [0, 0.05) is 18.8 Å². The molecule has 0 unspecified atom stereocenters. The Morgan fingerprint density at radius 2 is 1.88 bits per heavy atom. The van der Waals surface area contributed by atoms with Gasteiger partial charge in [0.05, 0.1) is 12.0 Å². The number of carbonyl (C=O) groups is 1. The SMILES string of the molecule is Cc1ncn(CC(=O)N2CCCCCC2)c1C. The molecule has 2 rings (SSSR count). The van der Waals surface area contributed by atoms with E-state index in [-0.39, 0.29) is 5.91 Å². The first-order valence-electron chi connectivity index (χ1n) is 6.44. The number of aromatic nitrogens is 2. The van der Waals surface area contributed by atoms with Crippen molar-refractivity contribution in [2.75, 3.05) is 13.1 Å². The molecule has 0 N–H and O–H groups in total. The molecule has 0 radical (unpaired) electrons. The van der Waals surface area contributed by atoms with Crippen LogP contribution in [0, 0.1) is 13.8 Å². The van der Waals surface area contributed by atoms with Crippen LogP contribution in [0.1, 0.15) is 37.1 Å². The van der Waals surface area contributed by atoms with Crippen molar-refractivity contribution in [3.05, 3.63) is 17.7 Å². The molecule has 1 fully saturated rings. The summed E-state index contributed by atoms with van der Waals surface area (Å²) in [6, 6.07) is 0. The van der Waals surface area contributed by atoms with Gasteiger partial charge in [0.2, 0.25) is 5.91 Å². The third-order valence-corrected chi connectivity index (χ3v) is 3.61. The van der Waals surface area contributed by atoms with Crippen LogP contribution in [0.4, 0.5) is 0 Å². The molecule has 1 aromatic heterocycles. The Bertz CT molecular complexity index is 389. The van der Waals surface area contributed by atoms with Crippen molar-refractivity contribution in [2.24, 2.45) is 0 Å². The lowest BCUT2D eigenvalue weighted by Crippen LogP contribution is -2.34. The third kappa shape index (κ3) is 2.87. The molecular weight excluding hydrogens is 214 g/mol. The molecule has 1 aliphatic rings. The summed E-state index contributed by atoms with van der Waals surface area (Å²) in [5.74, 6) is 0.229. The van der Waals surface area contributed by atoms with Gasteiger partial charge in [-0.15, -0.1) is 0 Å². The first-order chi connectivity index (χ1) is 8.18. The van der Waals surface area contributed by atoms with Crippen molar-refractivity contribution in [1.82, 2.24) is 14.5 Å². The van der Waals surface area contributed by atoms with Crippen molar-refractivity contribution in [1.29, 1.82) is 0 Å². The molecule has 17 heavy (non-hydrogen) atoms. The maximum atomic E-state index is 12.2. The fraction of sp³-hybridized carbons (Fsp3) is 0.692. The van der Waals surface area contributed by atoms with Gasteiger partial charge in [-0.25, -0.2) is 4.98 Å². The molecule has 0 bridgehead atoms. The lowest BCUT2D eigenvalue weighted by Gasteiger charge is -2.20. The summed E-state index contributed by atoms with van der Waals surface area (Å²) in [7, 11) is 0. The number of imidazole rings is 1. The number of carbonyl (C=O) groups excluding carboxylic acids is 1. The number of nitrogens with zero attached hydrogens (tertiary/aromatic N) is 3. The summed E-state index contributed by atoms with van der Waals surface area (Å²) in [4.78, 5) is 18.4. The number of hydrogen-bond acceptors (Lipinski definition) is 2. The van der Waals surface area contributed by atoms with E-state index in [1.807, 2.05) is 23.3 Å². The first kappa shape index (κ1) is 12.1. The van der Waals surface area contributed by atoms with Crippen LogP contribution in [0.5, 0.6) is 0 Å². The average molecular weight is 235 g/mol. The van der Waals surface area contributed by atoms with Crippen molar-refractivity contribution in [3.8, 4) is 0 Å². The van der Waals surface area contributed by atoms with Gasteiger partial charge >= 0.3 is 0 Å². The van der Waals surface area contributed by atoms with Crippen LogP contribution in [-0.4, -0.2) is 33.4 Å². The van der Waals surface area contributed by atoms with Gasteiger partial charge in [0.1, 0.15) is 6.54 Å². The highest BCUT2D eigenvalue weighted by Crippen LogP contribution is 2.11. The molecule has 2 heterocycles. The van der Waals surface area contributed by atoms with Crippen LogP contribution >= 0.6 is 0 Å². The zero-order chi connectivity index (χ0) is 12.3. The molecule has 94 valence electrons. The average Bonchev–Trinajstić information content (AvgIpc) is 2.59. The Kier molecular flexibility index (Phi) is 3.82. The Morgan fingerprint density at radius 1 is 1.24 bits per heavy atom. The van der Waals surface area contributed by atoms with E-state index in [9.17, 15) is 4.79 Å². The van der Waals surface area contributed by atoms with Crippen molar-refractivity contribution < 1.29 is 4.79 Å². The molecule has 0 saturated carbocycles. The molecule has 1 aromatic rings. The van der Waals surface area contributed by atoms with E-state index in [0.717, 1.165) is 37.3 Å². The van der Waals surface area contributed by atoms with Crippen LogP contribution in [-0.2, 0) is 11.3 Å². The molecule has 0 atom stereocenters. The second-order valence-corrected chi connectivity index (χ2v) is 4.84. The van der Waals surface area contributed by atoms with E-state index in [4.69, 9.17) is 0 Å². The van der Waals surface area contributed by atoms with E-state index < -0.39 is 0 Å². The quantitative estimate of drug-likeness (QED) is 0.785. The number of hydrogen-bond donors (Lipinski definition) is 0. The van der Waals surface area contributed by atoms with Gasteiger partial charge < -0.3 is 9.47 Å². The second-order valence-electron chi connectivity index (χ2n) is 4.84. The smallest absolute Gasteiger partial charge is 0.242 e. The van der Waals surface area contributed by atoms with E-state index in [2.05, 4.69) is 4.98 Å². The highest BCUT2D eigenvalue weighted by atomic mass is 16.2. The standard InChI is InChI=1S/C13H21N3O/c1-11-12(2)16(10-14-11)9-13(17)15-7-5-3-4-6-8-15/h10H,3-9H2,1-2H3. The summed E-state index contributed by atoms with van der Waals surface area (Å²) in [5, 5.41) is 0. The van der Waals surface area contributed by atoms with Gasteiger partial charge in [-0.05, 0) is 26.7 Å². The van der Waals surface area contributed by atoms with E-state index in [1.54, 1.807) is 6.33 Å². The molecular formula is C13H21N3O. The summed E-state index contributed by atoms with van der Waals surface area (Å²) < 4.78 is 1.95. The van der Waals surface area contributed by atoms with E-state index >= 15 is 0 Å². The van der Waals surface area contributed by atoms with Crippen molar-refractivity contribution in [2.45, 2.75) is 46.1 Å². The molecule has 1 saturated heterocycles. The Morgan fingerprint density at radius 3 is 2.41 bits per heavy atom. The van der Waals surface area contributed by atoms with Gasteiger partial charge in [-0.1, -0.05) is 12.8 Å². The minimum Gasteiger partial charge on any atom is -0.341 e. The highest BCUT2D eigenvalue weighted by Gasteiger charge is 2.16. The van der Waals surface area contributed by atoms with Crippen molar-refractivity contribution in [3.63, 3.8) is 0 Å². The maximum Gasteiger partial charge on any atom is 0.242 e. The predicted molar refractivity (Wildman–Crippen MR) is 66.7 cm³/mol. The topological polar surface area (TPSA) is 38.1 Å². The van der Waals surface area contributed by atoms with Crippen molar-refractivity contribution >= 4 is 5.91 Å². The summed E-state index contributed by atoms with van der Waals surface area (Å²) in [6.45, 7) is 6.27. The molecule has 1 amide bonds. The summed E-state index contributed by atoms with van der Waals surface area (Å²) >= 11 is 0. The first-order valence-corrected chi connectivity index (χ1v) is 6.44. The monoisotopic (exact) mass is 235 g/mol. The van der Waals surface area contributed by atoms with E-state index in [0.29, 0.717) is 6.54 Å². The summed E-state index contributed by atoms with van der Waals surface area (Å²) in [6.07, 6.45) is 6.57. The van der Waals surface area contributed by atoms with Crippen LogP contribution in [0.2, 0.25) is 0 Å². The predicted octanol–water partition coefficient (Wildman–Crippen LogP) is 1.90. The van der Waals surface area contributed by atoms with Gasteiger partial charge in [-0.3, -0.25) is 4.79 Å². The van der Waals surface area contributed by atoms with Crippen LogP contribution in [0.25, 0.3) is 0 Å². The molecule has 0 spiro atoms. The van der Waals surface area contributed by atoms with Gasteiger partial charge in [0.25, 0.3) is 0 Å². The molecule has 4 heteroatoms. The Balaban J connectivity index is 1.98. The fourth-order valence-electron chi connectivity index (χ4n) is 2.27. The number of rotatable bonds is 2. The van der Waals surface area contributed by atoms with Crippen LogP contribution < -0.4 is 0 Å². The Labute approximate surface area is 103 Å². The van der Waals surface area contributed by atoms with Gasteiger partial charge in [-0.2, -0.15) is 0 Å². The zero-order valence-corrected chi connectivity index (χ0v) is 10.8. The van der Waals surface area contributed by atoms with E-state index in [1.165, 1.54) is 12.8 Å². The normalized spacial score (nSPS) is 16.9. The maximum absolute atomic E-state index is 12.2. The fourth-order valence-corrected chi connectivity index (χ4v) is 2.27. The minimum atomic E-state index is 0.229.